The molecule has 0 aliphatic heterocycles. The summed E-state index contributed by atoms with van der Waals surface area (Å²) >= 11 is 8.91. The summed E-state index contributed by atoms with van der Waals surface area (Å²) in [6.45, 7) is 4.80. The third-order valence-electron chi connectivity index (χ3n) is 3.60. The minimum Gasteiger partial charge on any atom is -0.272 e. The maximum Gasteiger partial charge on any atom is 0.199 e. The molecular formula is C15H16BrN5S. The van der Waals surface area contributed by atoms with Crippen molar-refractivity contribution in [3.63, 3.8) is 0 Å². The fourth-order valence-electron chi connectivity index (χ4n) is 2.44. The molecule has 5 nitrogen and oxygen atoms in total. The fraction of sp³-hybridized carbons (Fsp3) is 0.267. The van der Waals surface area contributed by atoms with E-state index in [1.807, 2.05) is 46.5 Å². The second-order valence-electron chi connectivity index (χ2n) is 5.07. The average molecular weight is 378 g/mol. The van der Waals surface area contributed by atoms with Crippen LogP contribution >= 0.6 is 28.1 Å². The van der Waals surface area contributed by atoms with E-state index in [0.29, 0.717) is 4.77 Å². The van der Waals surface area contributed by atoms with E-state index in [1.165, 1.54) is 0 Å². The minimum absolute atomic E-state index is 0.607. The third-order valence-corrected chi connectivity index (χ3v) is 5.02. The van der Waals surface area contributed by atoms with Gasteiger partial charge in [-0.15, -0.1) is 0 Å². The Morgan fingerprint density at radius 1 is 1.23 bits per heavy atom. The first-order valence-corrected chi connectivity index (χ1v) is 8.19. The lowest BCUT2D eigenvalue weighted by Crippen LogP contribution is -2.09. The van der Waals surface area contributed by atoms with Gasteiger partial charge in [-0.25, -0.2) is 0 Å². The van der Waals surface area contributed by atoms with Gasteiger partial charge in [0.1, 0.15) is 5.82 Å². The summed E-state index contributed by atoms with van der Waals surface area (Å²) in [5, 5.41) is 11.8. The number of para-hydroxylation sites is 1. The summed E-state index contributed by atoms with van der Waals surface area (Å²) in [7, 11) is 0. The number of halogens is 1. The molecule has 0 amide bonds. The van der Waals surface area contributed by atoms with Crippen LogP contribution in [0.25, 0.3) is 5.69 Å². The van der Waals surface area contributed by atoms with Crippen molar-refractivity contribution in [2.45, 2.75) is 26.8 Å². The second-order valence-corrected chi connectivity index (χ2v) is 6.25. The number of hydrogen-bond donors (Lipinski definition) is 1. The zero-order valence-corrected chi connectivity index (χ0v) is 14.8. The van der Waals surface area contributed by atoms with Gasteiger partial charge in [-0.05, 0) is 54.1 Å². The van der Waals surface area contributed by atoms with Crippen LogP contribution in [0.3, 0.4) is 0 Å². The topological polar surface area (TPSA) is 51.4 Å². The molecule has 0 unspecified atom stereocenters. The Morgan fingerprint density at radius 2 is 1.95 bits per heavy atom. The first-order valence-electron chi connectivity index (χ1n) is 6.99. The van der Waals surface area contributed by atoms with Crippen molar-refractivity contribution < 1.29 is 0 Å². The highest BCUT2D eigenvalue weighted by Gasteiger charge is 2.12. The van der Waals surface area contributed by atoms with Crippen LogP contribution in [-0.2, 0) is 13.0 Å². The lowest BCUT2D eigenvalue weighted by Gasteiger charge is -2.07. The third kappa shape index (κ3) is 2.78. The maximum atomic E-state index is 5.35. The Morgan fingerprint density at radius 3 is 2.59 bits per heavy atom. The van der Waals surface area contributed by atoms with Gasteiger partial charge in [0.15, 0.2) is 4.77 Å². The molecule has 114 valence electrons. The van der Waals surface area contributed by atoms with E-state index in [9.17, 15) is 0 Å². The fourth-order valence-corrected chi connectivity index (χ4v) is 2.98. The Labute approximate surface area is 142 Å². The normalized spacial score (nSPS) is 11.0. The number of nitrogens with one attached hydrogen (secondary N) is 1. The molecule has 0 fully saturated rings. The molecule has 0 aliphatic rings. The van der Waals surface area contributed by atoms with Gasteiger partial charge in [0.05, 0.1) is 10.2 Å². The van der Waals surface area contributed by atoms with Crippen molar-refractivity contribution in [1.82, 2.24) is 24.5 Å². The van der Waals surface area contributed by atoms with Crippen molar-refractivity contribution in [2.75, 3.05) is 0 Å². The van der Waals surface area contributed by atoms with Gasteiger partial charge in [-0.2, -0.15) is 10.2 Å². The van der Waals surface area contributed by atoms with E-state index >= 15 is 0 Å². The van der Waals surface area contributed by atoms with E-state index in [2.05, 4.69) is 38.1 Å². The van der Waals surface area contributed by atoms with Gasteiger partial charge in [0.2, 0.25) is 0 Å². The van der Waals surface area contributed by atoms with E-state index < -0.39 is 0 Å². The van der Waals surface area contributed by atoms with Crippen LogP contribution in [0.1, 0.15) is 17.2 Å². The monoisotopic (exact) mass is 377 g/mol. The molecule has 3 aromatic rings. The molecule has 1 aromatic carbocycles. The van der Waals surface area contributed by atoms with Crippen LogP contribution in [-0.4, -0.2) is 24.5 Å². The van der Waals surface area contributed by atoms with Crippen molar-refractivity contribution in [3.8, 4) is 5.69 Å². The quantitative estimate of drug-likeness (QED) is 0.704. The van der Waals surface area contributed by atoms with Gasteiger partial charge < -0.3 is 0 Å². The maximum absolute atomic E-state index is 5.35. The Hall–Kier alpha value is -1.73. The molecule has 7 heteroatoms. The van der Waals surface area contributed by atoms with E-state index in [4.69, 9.17) is 12.2 Å². The number of aromatic amines is 1. The zero-order valence-electron chi connectivity index (χ0n) is 12.4. The minimum atomic E-state index is 0.607. The number of benzene rings is 1. The zero-order chi connectivity index (χ0) is 15.7. The summed E-state index contributed by atoms with van der Waals surface area (Å²) in [4.78, 5) is 0. The molecule has 0 bridgehead atoms. The van der Waals surface area contributed by atoms with Crippen molar-refractivity contribution in [3.05, 3.63) is 56.8 Å². The van der Waals surface area contributed by atoms with E-state index in [-0.39, 0.29) is 0 Å². The molecule has 0 radical (unpaired) electrons. The molecule has 0 aliphatic carbocycles. The molecule has 2 heterocycles. The number of aromatic nitrogens is 5. The van der Waals surface area contributed by atoms with Crippen LogP contribution in [0.4, 0.5) is 0 Å². The SMILES string of the molecule is Cc1nn(CCc2n[nH]c(=S)n2-c2ccccc2)c(C)c1Br. The van der Waals surface area contributed by atoms with Crippen molar-refractivity contribution in [2.24, 2.45) is 0 Å². The van der Waals surface area contributed by atoms with Crippen LogP contribution in [0.2, 0.25) is 0 Å². The highest BCUT2D eigenvalue weighted by Crippen LogP contribution is 2.20. The number of nitrogens with zero attached hydrogens (tertiary/aromatic N) is 4. The molecule has 0 spiro atoms. The van der Waals surface area contributed by atoms with Crippen molar-refractivity contribution >= 4 is 28.1 Å². The first-order chi connectivity index (χ1) is 10.6. The molecule has 22 heavy (non-hydrogen) atoms. The molecule has 2 aromatic heterocycles. The molecule has 1 N–H and O–H groups in total. The predicted octanol–water partition coefficient (Wildman–Crippen LogP) is 3.75. The Bertz CT molecular complexity index is 847. The largest absolute Gasteiger partial charge is 0.272 e. The van der Waals surface area contributed by atoms with Gasteiger partial charge in [0, 0.05) is 24.3 Å². The molecule has 0 saturated carbocycles. The molecule has 0 saturated heterocycles. The predicted molar refractivity (Wildman–Crippen MR) is 91.9 cm³/mol. The summed E-state index contributed by atoms with van der Waals surface area (Å²) in [5.41, 5.74) is 3.14. The van der Waals surface area contributed by atoms with Crippen LogP contribution in [0.5, 0.6) is 0 Å². The highest BCUT2D eigenvalue weighted by atomic mass is 79.9. The Balaban J connectivity index is 1.88. The summed E-state index contributed by atoms with van der Waals surface area (Å²) < 4.78 is 5.63. The summed E-state index contributed by atoms with van der Waals surface area (Å²) in [6.07, 6.45) is 0.746. The lowest BCUT2D eigenvalue weighted by molar-refractivity contribution is 0.577. The molecule has 0 atom stereocenters. The highest BCUT2D eigenvalue weighted by molar-refractivity contribution is 9.10. The van der Waals surface area contributed by atoms with Crippen LogP contribution in [0, 0.1) is 18.6 Å². The molecular weight excluding hydrogens is 362 g/mol. The summed E-state index contributed by atoms with van der Waals surface area (Å²) in [5.74, 6) is 0.903. The smallest absolute Gasteiger partial charge is 0.199 e. The van der Waals surface area contributed by atoms with E-state index in [0.717, 1.165) is 40.3 Å². The van der Waals surface area contributed by atoms with E-state index in [1.54, 1.807) is 0 Å². The first kappa shape index (κ1) is 15.2. The van der Waals surface area contributed by atoms with Crippen molar-refractivity contribution in [1.29, 1.82) is 0 Å². The lowest BCUT2D eigenvalue weighted by atomic mass is 10.3. The van der Waals surface area contributed by atoms with Gasteiger partial charge in [-0.1, -0.05) is 18.2 Å². The molecule has 3 rings (SSSR count). The van der Waals surface area contributed by atoms with Gasteiger partial charge >= 0.3 is 0 Å². The number of aryl methyl sites for hydroxylation is 3. The van der Waals surface area contributed by atoms with Gasteiger partial charge in [0.25, 0.3) is 0 Å². The number of hydrogen-bond acceptors (Lipinski definition) is 3. The number of rotatable bonds is 4. The average Bonchev–Trinajstić information content (AvgIpc) is 3.01. The number of H-pyrrole nitrogens is 1. The second kappa shape index (κ2) is 6.18. The van der Waals surface area contributed by atoms with Gasteiger partial charge in [-0.3, -0.25) is 14.3 Å². The standard InChI is InChI=1S/C15H16BrN5S/c1-10-14(16)11(2)20(19-10)9-8-13-17-18-15(22)21(13)12-6-4-3-5-7-12/h3-7H,8-9H2,1-2H3,(H,18,22). The van der Waals surface area contributed by atoms with Crippen LogP contribution in [0.15, 0.2) is 34.8 Å². The van der Waals surface area contributed by atoms with Crippen LogP contribution < -0.4 is 0 Å². The summed E-state index contributed by atoms with van der Waals surface area (Å²) in [6, 6.07) is 10.0. The Kier molecular flexibility index (Phi) is 4.26.